The van der Waals surface area contributed by atoms with E-state index in [4.69, 9.17) is 11.6 Å². The minimum absolute atomic E-state index is 0.257. The zero-order valence-electron chi connectivity index (χ0n) is 12.3. The van der Waals surface area contributed by atoms with Crippen molar-refractivity contribution in [3.63, 3.8) is 0 Å². The second kappa shape index (κ2) is 7.00. The van der Waals surface area contributed by atoms with Gasteiger partial charge in [-0.1, -0.05) is 37.3 Å². The number of benzene rings is 1. The van der Waals surface area contributed by atoms with Crippen molar-refractivity contribution in [3.8, 4) is 0 Å². The van der Waals surface area contributed by atoms with Gasteiger partial charge in [0.25, 0.3) is 0 Å². The van der Waals surface area contributed by atoms with Crippen LogP contribution >= 0.6 is 23.4 Å². The standard InChI is InChI=1S/C17H23ClOS/c1-17(2,20-15-11-9-14(18)10-12-15)16(19)13-7-5-3-4-6-8-13/h9-13H,3-8H2,1-2H3. The third-order valence-corrected chi connectivity index (χ3v) is 5.48. The molecule has 1 fully saturated rings. The van der Waals surface area contributed by atoms with Crippen LogP contribution in [0.2, 0.25) is 5.02 Å². The van der Waals surface area contributed by atoms with Gasteiger partial charge in [0.1, 0.15) is 0 Å². The van der Waals surface area contributed by atoms with E-state index < -0.39 is 0 Å². The molecule has 0 spiro atoms. The maximum Gasteiger partial charge on any atom is 0.151 e. The summed E-state index contributed by atoms with van der Waals surface area (Å²) >= 11 is 7.56. The zero-order valence-corrected chi connectivity index (χ0v) is 13.9. The van der Waals surface area contributed by atoms with Gasteiger partial charge in [0.15, 0.2) is 5.78 Å². The Hall–Kier alpha value is -0.470. The lowest BCUT2D eigenvalue weighted by Gasteiger charge is -2.27. The fraction of sp³-hybridized carbons (Fsp3) is 0.588. The molecule has 0 atom stereocenters. The molecule has 1 aliphatic carbocycles. The largest absolute Gasteiger partial charge is 0.298 e. The normalized spacial score (nSPS) is 17.8. The van der Waals surface area contributed by atoms with E-state index in [0.717, 1.165) is 22.8 Å². The van der Waals surface area contributed by atoms with E-state index in [-0.39, 0.29) is 10.7 Å². The molecule has 0 aromatic heterocycles. The van der Waals surface area contributed by atoms with Crippen molar-refractivity contribution < 1.29 is 4.79 Å². The lowest BCUT2D eigenvalue weighted by Crippen LogP contribution is -2.34. The van der Waals surface area contributed by atoms with E-state index in [1.54, 1.807) is 11.8 Å². The van der Waals surface area contributed by atoms with Crippen molar-refractivity contribution in [2.45, 2.75) is 62.0 Å². The van der Waals surface area contributed by atoms with Gasteiger partial charge in [0.2, 0.25) is 0 Å². The summed E-state index contributed by atoms with van der Waals surface area (Å²) in [6, 6.07) is 7.76. The molecular weight excluding hydrogens is 288 g/mol. The molecule has 1 aromatic rings. The Morgan fingerprint density at radius 3 is 2.20 bits per heavy atom. The second-order valence-electron chi connectivity index (χ2n) is 6.12. The molecule has 0 unspecified atom stereocenters. The Labute approximate surface area is 131 Å². The summed E-state index contributed by atoms with van der Waals surface area (Å²) in [7, 11) is 0. The molecule has 0 N–H and O–H groups in total. The van der Waals surface area contributed by atoms with Crippen molar-refractivity contribution in [3.05, 3.63) is 29.3 Å². The van der Waals surface area contributed by atoms with Gasteiger partial charge < -0.3 is 0 Å². The van der Waals surface area contributed by atoms with E-state index in [0.29, 0.717) is 5.78 Å². The number of ketones is 1. The summed E-state index contributed by atoms with van der Waals surface area (Å²) in [5.74, 6) is 0.673. The highest BCUT2D eigenvalue weighted by Gasteiger charge is 2.34. The Kier molecular flexibility index (Phi) is 5.57. The summed E-state index contributed by atoms with van der Waals surface area (Å²) in [6.07, 6.45) is 7.13. The van der Waals surface area contributed by atoms with Gasteiger partial charge in [-0.25, -0.2) is 0 Å². The third kappa shape index (κ3) is 4.26. The lowest BCUT2D eigenvalue weighted by molar-refractivity contribution is -0.124. The minimum Gasteiger partial charge on any atom is -0.298 e. The van der Waals surface area contributed by atoms with Gasteiger partial charge >= 0.3 is 0 Å². The summed E-state index contributed by atoms with van der Waals surface area (Å²) in [6.45, 7) is 4.11. The Morgan fingerprint density at radius 2 is 1.65 bits per heavy atom. The van der Waals surface area contributed by atoms with Crippen LogP contribution < -0.4 is 0 Å². The van der Waals surface area contributed by atoms with E-state index >= 15 is 0 Å². The van der Waals surface area contributed by atoms with Crippen LogP contribution in [0.4, 0.5) is 0 Å². The van der Waals surface area contributed by atoms with Crippen LogP contribution in [0.3, 0.4) is 0 Å². The van der Waals surface area contributed by atoms with Gasteiger partial charge in [0.05, 0.1) is 4.75 Å². The number of halogens is 1. The average Bonchev–Trinajstić information content (AvgIpc) is 2.69. The van der Waals surface area contributed by atoms with Gasteiger partial charge in [-0.15, -0.1) is 11.8 Å². The van der Waals surface area contributed by atoms with Crippen molar-refractivity contribution in [2.75, 3.05) is 0 Å². The molecule has 0 amide bonds. The maximum atomic E-state index is 12.8. The molecule has 20 heavy (non-hydrogen) atoms. The average molecular weight is 311 g/mol. The molecule has 110 valence electrons. The molecule has 0 heterocycles. The molecule has 2 rings (SSSR count). The topological polar surface area (TPSA) is 17.1 Å². The maximum absolute atomic E-state index is 12.8. The molecule has 3 heteroatoms. The van der Waals surface area contributed by atoms with E-state index in [1.165, 1.54) is 25.7 Å². The highest BCUT2D eigenvalue weighted by atomic mass is 35.5. The summed E-state index contributed by atoms with van der Waals surface area (Å²) < 4.78 is -0.358. The first-order valence-electron chi connectivity index (χ1n) is 7.48. The Morgan fingerprint density at radius 1 is 1.10 bits per heavy atom. The van der Waals surface area contributed by atoms with Crippen LogP contribution in [-0.2, 0) is 4.79 Å². The number of thioether (sulfide) groups is 1. The second-order valence-corrected chi connectivity index (χ2v) is 8.25. The van der Waals surface area contributed by atoms with Crippen LogP contribution in [0, 0.1) is 5.92 Å². The van der Waals surface area contributed by atoms with Crippen LogP contribution in [0.5, 0.6) is 0 Å². The first-order valence-corrected chi connectivity index (χ1v) is 8.67. The molecule has 1 aromatic carbocycles. The highest BCUT2D eigenvalue weighted by molar-refractivity contribution is 8.01. The fourth-order valence-corrected chi connectivity index (χ4v) is 4.14. The molecule has 0 radical (unpaired) electrons. The number of carbonyl (C=O) groups excluding carboxylic acids is 1. The number of Topliss-reactive ketones (excluding diaryl/α,β-unsaturated/α-hetero) is 1. The van der Waals surface area contributed by atoms with Crippen LogP contribution in [0.25, 0.3) is 0 Å². The van der Waals surface area contributed by atoms with Gasteiger partial charge in [0, 0.05) is 15.8 Å². The molecule has 0 saturated heterocycles. The van der Waals surface area contributed by atoms with Crippen molar-refractivity contribution in [1.82, 2.24) is 0 Å². The van der Waals surface area contributed by atoms with Crippen LogP contribution in [-0.4, -0.2) is 10.5 Å². The van der Waals surface area contributed by atoms with Gasteiger partial charge in [-0.2, -0.15) is 0 Å². The smallest absolute Gasteiger partial charge is 0.151 e. The predicted octanol–water partition coefficient (Wildman–Crippen LogP) is 5.75. The van der Waals surface area contributed by atoms with Crippen molar-refractivity contribution in [1.29, 1.82) is 0 Å². The van der Waals surface area contributed by atoms with Gasteiger partial charge in [-0.3, -0.25) is 4.79 Å². The SMILES string of the molecule is CC(C)(Sc1ccc(Cl)cc1)C(=O)C1CCCCCC1. The molecule has 0 aliphatic heterocycles. The van der Waals surface area contributed by atoms with Crippen molar-refractivity contribution in [2.24, 2.45) is 5.92 Å². The number of carbonyl (C=O) groups is 1. The third-order valence-electron chi connectivity index (χ3n) is 4.01. The quantitative estimate of drug-likeness (QED) is 0.520. The monoisotopic (exact) mass is 310 g/mol. The van der Waals surface area contributed by atoms with E-state index in [1.807, 2.05) is 24.3 Å². The molecule has 1 aliphatic rings. The molecule has 0 bridgehead atoms. The molecule has 1 nitrogen and oxygen atoms in total. The predicted molar refractivity (Wildman–Crippen MR) is 87.6 cm³/mol. The summed E-state index contributed by atoms with van der Waals surface area (Å²) in [4.78, 5) is 13.9. The number of hydrogen-bond donors (Lipinski definition) is 0. The van der Waals surface area contributed by atoms with Crippen LogP contribution in [0.15, 0.2) is 29.2 Å². The lowest BCUT2D eigenvalue weighted by atomic mass is 9.89. The molecule has 1 saturated carbocycles. The van der Waals surface area contributed by atoms with Crippen LogP contribution in [0.1, 0.15) is 52.4 Å². The fourth-order valence-electron chi connectivity index (χ4n) is 2.88. The summed E-state index contributed by atoms with van der Waals surface area (Å²) in [5.41, 5.74) is 0. The van der Waals surface area contributed by atoms with E-state index in [2.05, 4.69) is 13.8 Å². The number of hydrogen-bond acceptors (Lipinski definition) is 2. The Balaban J connectivity index is 2.04. The van der Waals surface area contributed by atoms with Gasteiger partial charge in [-0.05, 0) is 51.0 Å². The first-order chi connectivity index (χ1) is 9.49. The zero-order chi connectivity index (χ0) is 14.6. The van der Waals surface area contributed by atoms with E-state index in [9.17, 15) is 4.79 Å². The number of rotatable bonds is 4. The first kappa shape index (κ1) is 15.9. The van der Waals surface area contributed by atoms with Crippen molar-refractivity contribution >= 4 is 29.1 Å². The Bertz CT molecular complexity index is 445. The summed E-state index contributed by atoms with van der Waals surface area (Å²) in [5, 5.41) is 0.738. The molecular formula is C17H23ClOS. The minimum atomic E-state index is -0.358. The highest BCUT2D eigenvalue weighted by Crippen LogP contribution is 2.38.